The second-order valence-corrected chi connectivity index (χ2v) is 8.31. The molecule has 0 saturated carbocycles. The summed E-state index contributed by atoms with van der Waals surface area (Å²) in [5.41, 5.74) is 0. The van der Waals surface area contributed by atoms with Crippen molar-refractivity contribution in [3.05, 3.63) is 0 Å². The third kappa shape index (κ3) is 3500. The molecule has 0 rings (SSSR count). The maximum absolute atomic E-state index is 8.56. The van der Waals surface area contributed by atoms with E-state index in [2.05, 4.69) is 0 Å². The summed E-state index contributed by atoms with van der Waals surface area (Å²) in [4.78, 5) is 256. The van der Waals surface area contributed by atoms with E-state index in [4.69, 9.17) is 450 Å². The van der Waals surface area contributed by atoms with Crippen LogP contribution in [-0.2, 0) is 0 Å². The van der Waals surface area contributed by atoms with E-state index in [0.29, 0.717) is 0 Å². The fourth-order valence-corrected chi connectivity index (χ4v) is 0. The molecule has 0 fully saturated rings. The normalized spacial score (nSPS) is 5.76. The van der Waals surface area contributed by atoms with Gasteiger partial charge in [-0.1, -0.05) is 0 Å². The van der Waals surface area contributed by atoms with E-state index in [-0.39, 0.29) is 115 Å². The summed E-state index contributed by atoms with van der Waals surface area (Å²) in [5.74, 6) is 0. The minimum Gasteiger partial charge on any atom is -0.652 e. The Morgan fingerprint density at radius 2 is 0.0800 bits per heavy atom. The van der Waals surface area contributed by atoms with Crippen molar-refractivity contribution in [3.8, 4) is 0 Å². The Morgan fingerprint density at radius 1 is 0.0800 bits per heavy atom. The second-order valence-electron chi connectivity index (χ2n) is 8.31. The Balaban J connectivity index is -0.0000000203. The van der Waals surface area contributed by atoms with Crippen LogP contribution in [0.5, 0.6) is 0 Å². The van der Waals surface area contributed by atoms with Gasteiger partial charge >= 0.3 is 269 Å². The van der Waals surface area contributed by atoms with Crippen LogP contribution in [0.25, 0.3) is 0 Å². The molecule has 50 N–H and O–H groups in total. The summed E-state index contributed by atoms with van der Waals surface area (Å²) in [7, 11) is 0. The minimum absolute atomic E-state index is 0. The van der Waals surface area contributed by atoms with Crippen LogP contribution in [0.2, 0.25) is 0 Å². The van der Waals surface area contributed by atoms with Crippen molar-refractivity contribution >= 4 is 300 Å². The number of rotatable bonds is 0. The molecule has 0 aromatic carbocycles. The van der Waals surface area contributed by atoms with Crippen molar-refractivity contribution in [2.45, 2.75) is 0 Å². The molecule has 0 bridgehead atoms. The van der Waals surface area contributed by atoms with E-state index >= 15 is 0 Å². The SMILES string of the molecule is O=C(O)O.O=C(O)O.O=C(O)O.O=C(O)O.O=C(O)O.O=C(O)O.O=C(O)O.O=C(O)O.O=C(O)O.O=C(O)O.O=C(O)O.O=C(O)O.O=C(O)O.O=C(O)O.O=C(O)O.O=C(O)O.O=C(O)O.O=C(O)O.O=C(O)O.O=C(O)O.O=C(O)O.O=C(O)O.O=C(O)O.O=C(O)O.O=C(O)O.O=C([O-])[O-].O=C([O-])[O-].O=C([O-])[O-].O=C([O-])[O-].O=C([O-])[O-].[Mg+2].[Mg+2].[Mg+2].[Mg+2].[Mg+2]. The van der Waals surface area contributed by atoms with Crippen molar-refractivity contribution in [2.24, 2.45) is 0 Å². The average Bonchev–Trinajstić information content (AvgIpc) is 3.29. The molecule has 0 spiro atoms. The molecular formula is C30H50Mg5O90. The molecule has 125 heavy (non-hydrogen) atoms. The first-order valence-electron chi connectivity index (χ1n) is 19.3. The number of hydrogen-bond donors (Lipinski definition) is 50. The van der Waals surface area contributed by atoms with Gasteiger partial charge in [0.25, 0.3) is 0 Å². The maximum atomic E-state index is 8.56. The third-order valence-electron chi connectivity index (χ3n) is 0. The third-order valence-corrected chi connectivity index (χ3v) is 0. The molecule has 90 nitrogen and oxygen atoms in total. The number of carbonyl (C=O) groups excluding carboxylic acids is 5. The summed E-state index contributed by atoms with van der Waals surface area (Å²) in [6.07, 6.45) is -57.5. The number of hydrogen-bond acceptors (Lipinski definition) is 40. The largest absolute Gasteiger partial charge is 2.00 e. The smallest absolute Gasteiger partial charge is 0.652 e. The zero-order valence-electron chi connectivity index (χ0n) is 57.2. The van der Waals surface area contributed by atoms with Crippen LogP contribution >= 0.6 is 0 Å². The minimum atomic E-state index is -2.33. The quantitative estimate of drug-likeness (QED) is 0.100. The molecule has 0 radical (unpaired) electrons. The molecule has 0 aliphatic carbocycles. The Hall–Kier alpha value is -18.1. The fourth-order valence-electron chi connectivity index (χ4n) is 0. The van der Waals surface area contributed by atoms with Gasteiger partial charge in [0, 0.05) is 0 Å². The van der Waals surface area contributed by atoms with Gasteiger partial charge in [0.2, 0.25) is 0 Å². The van der Waals surface area contributed by atoms with Gasteiger partial charge in [0.05, 0.1) is 0 Å². The van der Waals surface area contributed by atoms with Crippen LogP contribution < -0.4 is 51.1 Å². The van der Waals surface area contributed by atoms with Gasteiger partial charge in [-0.2, -0.15) is 0 Å². The predicted octanol–water partition coefficient (Wildman–Crippen LogP) is -8.58. The van der Waals surface area contributed by atoms with E-state index < -0.39 is 185 Å². The predicted molar refractivity (Wildman–Crippen MR) is 322 cm³/mol. The van der Waals surface area contributed by atoms with Gasteiger partial charge < -0.3 is 330 Å². The Morgan fingerprint density at radius 3 is 0.0800 bits per heavy atom. The van der Waals surface area contributed by atoms with Crippen molar-refractivity contribution in [1.82, 2.24) is 0 Å². The molecule has 95 heteroatoms. The van der Waals surface area contributed by atoms with E-state index in [9.17, 15) is 0 Å². The van der Waals surface area contributed by atoms with Crippen LogP contribution in [0, 0.1) is 0 Å². The van der Waals surface area contributed by atoms with E-state index in [1.807, 2.05) is 0 Å². The van der Waals surface area contributed by atoms with Crippen molar-refractivity contribution < 1.29 is 450 Å². The Labute approximate surface area is 746 Å². The number of carbonyl (C=O) groups is 30. The van der Waals surface area contributed by atoms with Gasteiger partial charge in [0.15, 0.2) is 0 Å². The summed E-state index contributed by atoms with van der Waals surface area (Å²) in [6, 6.07) is 0. The number of carboxylic acid groups (broad SMARTS) is 60. The van der Waals surface area contributed by atoms with Gasteiger partial charge in [-0.15, -0.1) is 0 Å². The first-order valence-corrected chi connectivity index (χ1v) is 19.3. The van der Waals surface area contributed by atoms with Gasteiger partial charge in [-0.3, -0.25) is 0 Å². The Kier molecular flexibility index (Phi) is 418. The zero-order chi connectivity index (χ0) is 107. The second kappa shape index (κ2) is 225. The topological polar surface area (TPSA) is 1750 Å². The summed E-state index contributed by atoms with van der Waals surface area (Å²) >= 11 is 0. The average molecular weight is 1970 g/mol. The standard InChI is InChI=1S/30CH2O3.5Mg/c30*2-1(3)4;;;;;/h30*(H2,2,3,4);;;;;/q;;;;;;;;;;;;;;;;;;;;;;;;;;;;;;5*+2/p-10. The van der Waals surface area contributed by atoms with Crippen LogP contribution in [0.1, 0.15) is 0 Å². The maximum Gasteiger partial charge on any atom is 2.00 e. The molecule has 0 unspecified atom stereocenters. The Bertz CT molecular complexity index is 1700. The van der Waals surface area contributed by atoms with Crippen LogP contribution in [-0.4, -0.2) is 555 Å². The van der Waals surface area contributed by atoms with Crippen molar-refractivity contribution in [2.75, 3.05) is 0 Å². The van der Waals surface area contributed by atoms with E-state index in [0.717, 1.165) is 0 Å². The molecule has 0 heterocycles. The fraction of sp³-hybridized carbons (Fsp3) is 0. The molecule has 0 saturated heterocycles. The van der Waals surface area contributed by atoms with Gasteiger partial charge in [-0.25, -0.2) is 120 Å². The molecule has 720 valence electrons. The first kappa shape index (κ1) is 232. The van der Waals surface area contributed by atoms with E-state index in [1.54, 1.807) is 0 Å². The van der Waals surface area contributed by atoms with Gasteiger partial charge in [-0.05, 0) is 30.8 Å². The summed E-state index contributed by atoms with van der Waals surface area (Å²) in [6.45, 7) is 0. The molecule has 0 aliphatic rings. The van der Waals surface area contributed by atoms with Crippen LogP contribution in [0.3, 0.4) is 0 Å². The van der Waals surface area contributed by atoms with Crippen LogP contribution in [0.15, 0.2) is 0 Å². The molecule has 0 amide bonds. The van der Waals surface area contributed by atoms with Crippen LogP contribution in [0.4, 0.5) is 144 Å². The molecular weight excluding hydrogens is 1920 g/mol. The molecule has 0 aliphatic heterocycles. The van der Waals surface area contributed by atoms with Gasteiger partial charge in [0.1, 0.15) is 0 Å². The van der Waals surface area contributed by atoms with Crippen molar-refractivity contribution in [1.29, 1.82) is 0 Å². The zero-order valence-corrected chi connectivity index (χ0v) is 64.3. The monoisotopic (exact) mass is 1970 g/mol. The van der Waals surface area contributed by atoms with Crippen molar-refractivity contribution in [3.63, 3.8) is 0 Å². The summed E-state index contributed by atoms with van der Waals surface area (Å²) in [5, 5.41) is 432. The molecule has 0 atom stereocenters. The molecule has 0 aromatic heterocycles. The molecule has 0 aromatic rings. The first-order chi connectivity index (χ1) is 52.0. The van der Waals surface area contributed by atoms with E-state index in [1.165, 1.54) is 0 Å². The summed E-state index contributed by atoms with van der Waals surface area (Å²) < 4.78 is 0.